The molecule has 0 aromatic carbocycles. The van der Waals surface area contributed by atoms with E-state index < -0.39 is 0 Å². The first-order chi connectivity index (χ1) is 6.56. The molecule has 0 bridgehead atoms. The summed E-state index contributed by atoms with van der Waals surface area (Å²) in [4.78, 5) is 11.2. The predicted molar refractivity (Wildman–Crippen MR) is 52.7 cm³/mol. The molecule has 76 valence electrons. The van der Waals surface area contributed by atoms with Crippen LogP contribution in [0.3, 0.4) is 0 Å². The van der Waals surface area contributed by atoms with E-state index in [4.69, 9.17) is 4.42 Å². The van der Waals surface area contributed by atoms with Gasteiger partial charge in [0.1, 0.15) is 0 Å². The third kappa shape index (κ3) is 1.38. The highest BCUT2D eigenvalue weighted by atomic mass is 16.4. The molecule has 0 aliphatic heterocycles. The van der Waals surface area contributed by atoms with Crippen LogP contribution in [0.15, 0.2) is 21.3 Å². The summed E-state index contributed by atoms with van der Waals surface area (Å²) in [6, 6.07) is 3.44. The Balaban J connectivity index is 2.39. The second-order valence-electron chi connectivity index (χ2n) is 4.28. The van der Waals surface area contributed by atoms with E-state index in [0.717, 1.165) is 24.2 Å². The van der Waals surface area contributed by atoms with E-state index in [2.05, 4.69) is 12.7 Å². The molecule has 3 N–H and O–H groups in total. The van der Waals surface area contributed by atoms with Crippen molar-refractivity contribution in [2.24, 2.45) is 5.92 Å². The quantitative estimate of drug-likeness (QED) is 0.757. The van der Waals surface area contributed by atoms with Gasteiger partial charge in [-0.25, -0.2) is 4.79 Å². The lowest BCUT2D eigenvalue weighted by molar-refractivity contribution is -0.456. The molecule has 1 saturated carbocycles. The van der Waals surface area contributed by atoms with Crippen LogP contribution in [0.5, 0.6) is 0 Å². The van der Waals surface area contributed by atoms with E-state index in [1.807, 2.05) is 13.0 Å². The molecule has 14 heavy (non-hydrogen) atoms. The van der Waals surface area contributed by atoms with Gasteiger partial charge in [0.2, 0.25) is 0 Å². The van der Waals surface area contributed by atoms with Gasteiger partial charge in [-0.15, -0.1) is 0 Å². The molecular weight excluding hydrogens is 178 g/mol. The van der Waals surface area contributed by atoms with Crippen molar-refractivity contribution in [1.82, 2.24) is 0 Å². The highest BCUT2D eigenvalue weighted by Crippen LogP contribution is 2.49. The third-order valence-corrected chi connectivity index (χ3v) is 3.13. The van der Waals surface area contributed by atoms with Crippen molar-refractivity contribution in [1.29, 1.82) is 0 Å². The molecule has 1 aromatic heterocycles. The molecule has 0 amide bonds. The number of quaternary nitrogens is 1. The zero-order valence-electron chi connectivity index (χ0n) is 8.67. The molecule has 1 aromatic rings. The lowest BCUT2D eigenvalue weighted by Crippen LogP contribution is -2.62. The monoisotopic (exact) mass is 194 g/mol. The van der Waals surface area contributed by atoms with Crippen molar-refractivity contribution in [2.75, 3.05) is 0 Å². The van der Waals surface area contributed by atoms with E-state index in [9.17, 15) is 4.79 Å². The average Bonchev–Trinajstić information content (AvgIpc) is 2.77. The van der Waals surface area contributed by atoms with E-state index in [1.165, 1.54) is 6.07 Å². The van der Waals surface area contributed by atoms with Gasteiger partial charge >= 0.3 is 5.63 Å². The van der Waals surface area contributed by atoms with Crippen molar-refractivity contribution in [3.63, 3.8) is 0 Å². The van der Waals surface area contributed by atoms with Gasteiger partial charge in [-0.1, -0.05) is 6.92 Å². The maximum Gasteiger partial charge on any atom is 0.336 e. The molecule has 1 aliphatic carbocycles. The van der Waals surface area contributed by atoms with E-state index in [-0.39, 0.29) is 11.2 Å². The van der Waals surface area contributed by atoms with Gasteiger partial charge in [-0.2, -0.15) is 0 Å². The Hall–Kier alpha value is -1.09. The second kappa shape index (κ2) is 2.95. The van der Waals surface area contributed by atoms with Crippen LogP contribution in [0.1, 0.15) is 31.1 Å². The van der Waals surface area contributed by atoms with Gasteiger partial charge in [-0.05, 0) is 25.0 Å². The predicted octanol–water partition coefficient (Wildman–Crippen LogP) is 0.815. The number of hydrogen-bond acceptors (Lipinski definition) is 2. The Morgan fingerprint density at radius 1 is 1.64 bits per heavy atom. The lowest BCUT2D eigenvalue weighted by Gasteiger charge is -2.06. The smallest absolute Gasteiger partial charge is 0.336 e. The van der Waals surface area contributed by atoms with Gasteiger partial charge in [-0.3, -0.25) is 0 Å². The van der Waals surface area contributed by atoms with Crippen molar-refractivity contribution >= 4 is 0 Å². The van der Waals surface area contributed by atoms with Crippen LogP contribution in [0.4, 0.5) is 0 Å². The molecule has 2 unspecified atom stereocenters. The fraction of sp³-hybridized carbons (Fsp3) is 0.545. The molecule has 0 radical (unpaired) electrons. The Morgan fingerprint density at radius 2 is 2.36 bits per heavy atom. The summed E-state index contributed by atoms with van der Waals surface area (Å²) >= 11 is 0. The van der Waals surface area contributed by atoms with Crippen molar-refractivity contribution in [3.8, 4) is 0 Å². The third-order valence-electron chi connectivity index (χ3n) is 3.13. The number of aryl methyl sites for hydroxylation is 1. The normalized spacial score (nSPS) is 30.4. The van der Waals surface area contributed by atoms with Gasteiger partial charge in [0.25, 0.3) is 0 Å². The summed E-state index contributed by atoms with van der Waals surface area (Å²) in [6.45, 7) is 4.05. The highest BCUT2D eigenvalue weighted by Gasteiger charge is 2.58. The maximum atomic E-state index is 11.2. The maximum absolute atomic E-state index is 11.2. The Labute approximate surface area is 82.9 Å². The van der Waals surface area contributed by atoms with Crippen molar-refractivity contribution < 1.29 is 10.2 Å². The zero-order valence-corrected chi connectivity index (χ0v) is 8.67. The van der Waals surface area contributed by atoms with Crippen LogP contribution in [0.2, 0.25) is 0 Å². The van der Waals surface area contributed by atoms with Crippen molar-refractivity contribution in [2.45, 2.75) is 32.2 Å². The number of rotatable bonds is 2. The first-order valence-corrected chi connectivity index (χ1v) is 5.04. The molecule has 0 spiro atoms. The molecule has 1 heterocycles. The first-order valence-electron chi connectivity index (χ1n) is 5.04. The topological polar surface area (TPSA) is 57.9 Å². The summed E-state index contributed by atoms with van der Waals surface area (Å²) in [5.74, 6) is 1.34. The molecular formula is C11H16NO2+. The second-order valence-corrected chi connectivity index (χ2v) is 4.28. The fourth-order valence-electron chi connectivity index (χ4n) is 2.06. The minimum Gasteiger partial charge on any atom is -0.421 e. The van der Waals surface area contributed by atoms with Crippen LogP contribution in [-0.4, -0.2) is 0 Å². The van der Waals surface area contributed by atoms with Crippen LogP contribution < -0.4 is 11.4 Å². The summed E-state index contributed by atoms with van der Waals surface area (Å²) in [7, 11) is 0. The molecule has 2 atom stereocenters. The van der Waals surface area contributed by atoms with Crippen LogP contribution in [0, 0.1) is 12.8 Å². The molecule has 0 saturated heterocycles. The Morgan fingerprint density at radius 3 is 2.86 bits per heavy atom. The summed E-state index contributed by atoms with van der Waals surface area (Å²) in [5, 5.41) is 0. The Bertz CT molecular complexity index is 410. The lowest BCUT2D eigenvalue weighted by atomic mass is 10.1. The fourth-order valence-corrected chi connectivity index (χ4v) is 2.06. The van der Waals surface area contributed by atoms with Crippen LogP contribution in [0.25, 0.3) is 0 Å². The van der Waals surface area contributed by atoms with Gasteiger partial charge < -0.3 is 10.2 Å². The van der Waals surface area contributed by atoms with E-state index in [1.54, 1.807) is 0 Å². The Kier molecular flexibility index (Phi) is 2.00. The summed E-state index contributed by atoms with van der Waals surface area (Å²) < 4.78 is 5.20. The zero-order chi connectivity index (χ0) is 10.3. The summed E-state index contributed by atoms with van der Waals surface area (Å²) in [6.07, 6.45) is 2.14. The summed E-state index contributed by atoms with van der Waals surface area (Å²) in [5.41, 5.74) is 4.73. The van der Waals surface area contributed by atoms with Gasteiger partial charge in [0.05, 0.1) is 0 Å². The van der Waals surface area contributed by atoms with Crippen LogP contribution >= 0.6 is 0 Å². The standard InChI is InChI=1S/C11H15NO2/c1-3-8-6-11(8,12)9-4-7(2)5-10(13)14-9/h4-5,8H,3,6,12H2,1-2H3/p+1. The van der Waals surface area contributed by atoms with Gasteiger partial charge in [0, 0.05) is 18.4 Å². The molecule has 3 nitrogen and oxygen atoms in total. The largest absolute Gasteiger partial charge is 0.421 e. The molecule has 1 fully saturated rings. The first kappa shape index (κ1) is 9.46. The minimum absolute atomic E-state index is 0.125. The average molecular weight is 194 g/mol. The van der Waals surface area contributed by atoms with Gasteiger partial charge in [0.15, 0.2) is 11.3 Å². The van der Waals surface area contributed by atoms with Crippen molar-refractivity contribution in [3.05, 3.63) is 33.9 Å². The van der Waals surface area contributed by atoms with Crippen LogP contribution in [-0.2, 0) is 5.54 Å². The van der Waals surface area contributed by atoms with E-state index in [0.29, 0.717) is 5.92 Å². The van der Waals surface area contributed by atoms with E-state index >= 15 is 0 Å². The molecule has 1 aliphatic rings. The SMILES string of the molecule is CCC1CC1([NH3+])c1cc(C)cc(=O)o1. The molecule has 3 heteroatoms. The highest BCUT2D eigenvalue weighted by molar-refractivity contribution is 5.23. The molecule has 2 rings (SSSR count). The minimum atomic E-state index is -0.259. The number of hydrogen-bond donors (Lipinski definition) is 1.